The molecule has 0 bridgehead atoms. The Bertz CT molecular complexity index is 791. The number of carbonyl (C=O) groups is 1. The molecule has 0 aromatic carbocycles. The lowest BCUT2D eigenvalue weighted by molar-refractivity contribution is -0.127. The van der Waals surface area contributed by atoms with E-state index in [1.165, 1.54) is 5.56 Å². The van der Waals surface area contributed by atoms with Gasteiger partial charge >= 0.3 is 0 Å². The molecule has 148 valence electrons. The molecule has 2 aromatic heterocycles. The Balaban J connectivity index is 1.57. The Hall–Kier alpha value is -2.73. The molecule has 0 aliphatic carbocycles. The topological polar surface area (TPSA) is 61.4 Å². The SMILES string of the molecule is CN(C)C/C=C/C(=O)N1CCC[C@H](Cc2ccnc(Nc3ccccn3)c2)C1. The van der Waals surface area contributed by atoms with E-state index in [4.69, 9.17) is 0 Å². The quantitative estimate of drug-likeness (QED) is 0.749. The number of carbonyl (C=O) groups excluding carboxylic acids is 1. The number of hydrogen-bond acceptors (Lipinski definition) is 5. The van der Waals surface area contributed by atoms with E-state index in [9.17, 15) is 4.79 Å². The smallest absolute Gasteiger partial charge is 0.246 e. The second kappa shape index (κ2) is 9.99. The van der Waals surface area contributed by atoms with E-state index in [-0.39, 0.29) is 5.91 Å². The fourth-order valence-electron chi connectivity index (χ4n) is 3.47. The van der Waals surface area contributed by atoms with Gasteiger partial charge in [0, 0.05) is 38.1 Å². The average molecular weight is 380 g/mol. The van der Waals surface area contributed by atoms with Gasteiger partial charge in [0.2, 0.25) is 5.91 Å². The second-order valence-electron chi connectivity index (χ2n) is 7.55. The largest absolute Gasteiger partial charge is 0.339 e. The minimum atomic E-state index is 0.124. The van der Waals surface area contributed by atoms with Gasteiger partial charge in [0.25, 0.3) is 0 Å². The summed E-state index contributed by atoms with van der Waals surface area (Å²) in [7, 11) is 3.99. The highest BCUT2D eigenvalue weighted by atomic mass is 16.2. The van der Waals surface area contributed by atoms with E-state index in [1.807, 2.05) is 54.4 Å². The Morgan fingerprint density at radius 3 is 2.89 bits per heavy atom. The molecule has 0 unspecified atom stereocenters. The van der Waals surface area contributed by atoms with Crippen molar-refractivity contribution >= 4 is 17.5 Å². The summed E-state index contributed by atoms with van der Waals surface area (Å²) in [6.07, 6.45) is 10.4. The van der Waals surface area contributed by atoms with Crippen LogP contribution < -0.4 is 5.32 Å². The van der Waals surface area contributed by atoms with Crippen molar-refractivity contribution in [3.63, 3.8) is 0 Å². The summed E-state index contributed by atoms with van der Waals surface area (Å²) in [6, 6.07) is 9.89. The van der Waals surface area contributed by atoms with E-state index in [1.54, 1.807) is 12.3 Å². The third-order valence-electron chi connectivity index (χ3n) is 4.83. The van der Waals surface area contributed by atoms with Crippen LogP contribution in [0.25, 0.3) is 0 Å². The van der Waals surface area contributed by atoms with E-state index >= 15 is 0 Å². The van der Waals surface area contributed by atoms with Crippen LogP contribution in [0.4, 0.5) is 11.6 Å². The van der Waals surface area contributed by atoms with Crippen LogP contribution in [0.1, 0.15) is 18.4 Å². The van der Waals surface area contributed by atoms with Crippen molar-refractivity contribution in [1.29, 1.82) is 0 Å². The molecular weight excluding hydrogens is 350 g/mol. The van der Waals surface area contributed by atoms with Crippen LogP contribution >= 0.6 is 0 Å². The van der Waals surface area contributed by atoms with Crippen LogP contribution in [0, 0.1) is 5.92 Å². The summed E-state index contributed by atoms with van der Waals surface area (Å²) < 4.78 is 0. The number of aromatic nitrogens is 2. The molecule has 0 saturated carbocycles. The fourth-order valence-corrected chi connectivity index (χ4v) is 3.47. The number of piperidine rings is 1. The highest BCUT2D eigenvalue weighted by Crippen LogP contribution is 2.22. The minimum Gasteiger partial charge on any atom is -0.339 e. The number of nitrogens with zero attached hydrogens (tertiary/aromatic N) is 4. The monoisotopic (exact) mass is 379 g/mol. The van der Waals surface area contributed by atoms with Gasteiger partial charge in [-0.2, -0.15) is 0 Å². The van der Waals surface area contributed by atoms with Crippen LogP contribution in [-0.2, 0) is 11.2 Å². The van der Waals surface area contributed by atoms with Crippen molar-refractivity contribution < 1.29 is 4.79 Å². The molecule has 1 atom stereocenters. The van der Waals surface area contributed by atoms with Gasteiger partial charge in [-0.1, -0.05) is 12.1 Å². The first-order valence-corrected chi connectivity index (χ1v) is 9.83. The first-order valence-electron chi connectivity index (χ1n) is 9.83. The molecule has 6 heteroatoms. The van der Waals surface area contributed by atoms with Gasteiger partial charge in [0.1, 0.15) is 11.6 Å². The van der Waals surface area contributed by atoms with E-state index in [2.05, 4.69) is 27.4 Å². The van der Waals surface area contributed by atoms with Crippen molar-refractivity contribution in [3.05, 3.63) is 60.4 Å². The molecular formula is C22H29N5O. The zero-order valence-corrected chi connectivity index (χ0v) is 16.7. The maximum Gasteiger partial charge on any atom is 0.246 e. The summed E-state index contributed by atoms with van der Waals surface area (Å²) in [5.74, 6) is 2.18. The molecule has 1 saturated heterocycles. The molecule has 1 fully saturated rings. The van der Waals surface area contributed by atoms with Crippen LogP contribution in [0.15, 0.2) is 54.9 Å². The van der Waals surface area contributed by atoms with Gasteiger partial charge in [-0.25, -0.2) is 9.97 Å². The second-order valence-corrected chi connectivity index (χ2v) is 7.55. The molecule has 28 heavy (non-hydrogen) atoms. The van der Waals surface area contributed by atoms with Gasteiger partial charge in [-0.15, -0.1) is 0 Å². The van der Waals surface area contributed by atoms with Crippen LogP contribution in [0.3, 0.4) is 0 Å². The van der Waals surface area contributed by atoms with E-state index < -0.39 is 0 Å². The van der Waals surface area contributed by atoms with Crippen molar-refractivity contribution in [2.45, 2.75) is 19.3 Å². The first-order chi connectivity index (χ1) is 13.6. The maximum atomic E-state index is 12.4. The summed E-state index contributed by atoms with van der Waals surface area (Å²) >= 11 is 0. The van der Waals surface area contributed by atoms with E-state index in [0.717, 1.165) is 50.5 Å². The third-order valence-corrected chi connectivity index (χ3v) is 4.83. The van der Waals surface area contributed by atoms with Gasteiger partial charge < -0.3 is 15.1 Å². The number of nitrogens with one attached hydrogen (secondary N) is 1. The maximum absolute atomic E-state index is 12.4. The zero-order valence-electron chi connectivity index (χ0n) is 16.7. The Kier molecular flexibility index (Phi) is 7.14. The van der Waals surface area contributed by atoms with Gasteiger partial charge in [0.15, 0.2) is 0 Å². The predicted octanol–water partition coefficient (Wildman–Crippen LogP) is 3.12. The summed E-state index contributed by atoms with van der Waals surface area (Å²) in [6.45, 7) is 2.45. The number of likely N-dealkylation sites (N-methyl/N-ethyl adjacent to an activating group) is 1. The molecule has 3 heterocycles. The van der Waals surface area contributed by atoms with Gasteiger partial charge in [-0.3, -0.25) is 4.79 Å². The van der Waals surface area contributed by atoms with Gasteiger partial charge in [0.05, 0.1) is 0 Å². The molecule has 3 rings (SSSR count). The lowest BCUT2D eigenvalue weighted by Gasteiger charge is -2.32. The van der Waals surface area contributed by atoms with Crippen LogP contribution in [0.5, 0.6) is 0 Å². The molecule has 1 amide bonds. The predicted molar refractivity (Wildman–Crippen MR) is 112 cm³/mol. The summed E-state index contributed by atoms with van der Waals surface area (Å²) in [4.78, 5) is 25.1. The average Bonchev–Trinajstić information content (AvgIpc) is 2.69. The highest BCUT2D eigenvalue weighted by Gasteiger charge is 2.22. The van der Waals surface area contributed by atoms with Gasteiger partial charge in [-0.05, 0) is 69.1 Å². The number of likely N-dealkylation sites (tertiary alicyclic amines) is 1. The normalized spacial score (nSPS) is 17.2. The zero-order chi connectivity index (χ0) is 19.8. The van der Waals surface area contributed by atoms with Crippen molar-refractivity contribution in [1.82, 2.24) is 19.8 Å². The Morgan fingerprint density at radius 2 is 2.11 bits per heavy atom. The lowest BCUT2D eigenvalue weighted by Crippen LogP contribution is -2.39. The molecule has 1 aliphatic heterocycles. The highest BCUT2D eigenvalue weighted by molar-refractivity contribution is 5.87. The summed E-state index contributed by atoms with van der Waals surface area (Å²) in [5, 5.41) is 3.24. The van der Waals surface area contributed by atoms with Crippen LogP contribution in [0.2, 0.25) is 0 Å². The number of rotatable bonds is 7. The molecule has 6 nitrogen and oxygen atoms in total. The number of amides is 1. The van der Waals surface area contributed by atoms with E-state index in [0.29, 0.717) is 5.92 Å². The third kappa shape index (κ3) is 6.16. The van der Waals surface area contributed by atoms with Crippen molar-refractivity contribution in [3.8, 4) is 0 Å². The summed E-state index contributed by atoms with van der Waals surface area (Å²) in [5.41, 5.74) is 1.23. The lowest BCUT2D eigenvalue weighted by atomic mass is 9.91. The molecule has 0 spiro atoms. The van der Waals surface area contributed by atoms with Crippen LogP contribution in [-0.4, -0.2) is 59.4 Å². The minimum absolute atomic E-state index is 0.124. The first kappa shape index (κ1) is 20.0. The number of pyridine rings is 2. The molecule has 0 radical (unpaired) electrons. The molecule has 1 N–H and O–H groups in total. The molecule has 2 aromatic rings. The fraction of sp³-hybridized carbons (Fsp3) is 0.409. The Labute approximate surface area is 167 Å². The number of hydrogen-bond donors (Lipinski definition) is 1. The standard InChI is InChI=1S/C22H29N5O/c1-26(2)13-6-9-22(28)27-14-5-7-19(17-27)15-18-10-12-24-21(16-18)25-20-8-3-4-11-23-20/h3-4,6,8-12,16,19H,5,7,13-15,17H2,1-2H3,(H,23,24,25)/b9-6+/t19-/m1/s1. The Morgan fingerprint density at radius 1 is 1.25 bits per heavy atom. The molecule has 1 aliphatic rings. The van der Waals surface area contributed by atoms with Crippen molar-refractivity contribution in [2.75, 3.05) is 39.0 Å². The number of anilines is 2. The van der Waals surface area contributed by atoms with Crippen molar-refractivity contribution in [2.24, 2.45) is 5.92 Å².